The van der Waals surface area contributed by atoms with E-state index in [0.29, 0.717) is 6.29 Å². The van der Waals surface area contributed by atoms with E-state index in [9.17, 15) is 30.0 Å². The number of carbonyl (C=O) groups excluding carboxylic acids is 2. The van der Waals surface area contributed by atoms with Gasteiger partial charge in [-0.3, -0.25) is 0 Å². The first-order chi connectivity index (χ1) is 12.9. The van der Waals surface area contributed by atoms with Crippen LogP contribution in [0.4, 0.5) is 0 Å². The topological polar surface area (TPSA) is 152 Å². The number of esters is 1. The number of rotatable bonds is 7. The molecule has 10 nitrogen and oxygen atoms in total. The lowest BCUT2D eigenvalue weighted by Crippen LogP contribution is -2.60. The van der Waals surface area contributed by atoms with Crippen LogP contribution in [0.25, 0.3) is 0 Å². The molecule has 0 aromatic heterocycles. The zero-order valence-electron chi connectivity index (χ0n) is 14.7. The molecule has 10 heteroatoms. The summed E-state index contributed by atoms with van der Waals surface area (Å²) in [5, 5.41) is 39.0. The Kier molecular flexibility index (Phi) is 7.48. The highest BCUT2D eigenvalue weighted by molar-refractivity contribution is 5.89. The Morgan fingerprint density at radius 3 is 2.52 bits per heavy atom. The largest absolute Gasteiger partial charge is 0.471 e. The number of aliphatic hydroxyl groups excluding tert-OH is 4. The van der Waals surface area contributed by atoms with Crippen molar-refractivity contribution in [3.63, 3.8) is 0 Å². The zero-order valence-corrected chi connectivity index (χ0v) is 14.7. The van der Waals surface area contributed by atoms with Gasteiger partial charge >= 0.3 is 5.97 Å². The molecule has 2 aliphatic heterocycles. The van der Waals surface area contributed by atoms with Gasteiger partial charge in [-0.15, -0.1) is 6.58 Å². The summed E-state index contributed by atoms with van der Waals surface area (Å²) in [6, 6.07) is 0. The maximum absolute atomic E-state index is 11.9. The Morgan fingerprint density at radius 1 is 1.26 bits per heavy atom. The van der Waals surface area contributed by atoms with Gasteiger partial charge in [0.15, 0.2) is 6.29 Å². The fourth-order valence-electron chi connectivity index (χ4n) is 3.13. The molecule has 1 fully saturated rings. The van der Waals surface area contributed by atoms with E-state index in [4.69, 9.17) is 14.2 Å². The van der Waals surface area contributed by atoms with Gasteiger partial charge in [0.1, 0.15) is 30.7 Å². The van der Waals surface area contributed by atoms with Crippen molar-refractivity contribution in [3.05, 3.63) is 24.5 Å². The second kappa shape index (κ2) is 9.40. The van der Waals surface area contributed by atoms with Crippen LogP contribution in [0.2, 0.25) is 0 Å². The second-order valence-corrected chi connectivity index (χ2v) is 6.22. The molecule has 152 valence electrons. The zero-order chi connectivity index (χ0) is 20.1. The Bertz CT molecular complexity index is 574. The molecule has 27 heavy (non-hydrogen) atoms. The van der Waals surface area contributed by atoms with Crippen molar-refractivity contribution in [3.8, 4) is 0 Å². The standard InChI is InChI=1S/C17H24O10/c1-3-8-9(4-5-18)10(15(23)24-2)7-25-16(8)27-17-14(22)13(21)12(20)11(6-19)26-17/h3,5,7-9,11-14,16-17,19-22H,1,4,6H2,2H3/t8-,9-,11+,12+,13-,14+,16-,17-/m1/s1. The average molecular weight is 388 g/mol. The number of aldehydes is 1. The second-order valence-electron chi connectivity index (χ2n) is 6.22. The first-order valence-electron chi connectivity index (χ1n) is 8.35. The molecule has 0 aromatic rings. The van der Waals surface area contributed by atoms with Gasteiger partial charge in [-0.2, -0.15) is 0 Å². The molecule has 2 aliphatic rings. The van der Waals surface area contributed by atoms with Crippen LogP contribution in [0.5, 0.6) is 0 Å². The van der Waals surface area contributed by atoms with Crippen LogP contribution in [0.15, 0.2) is 24.5 Å². The third-order valence-electron chi connectivity index (χ3n) is 4.67. The molecule has 0 aliphatic carbocycles. The summed E-state index contributed by atoms with van der Waals surface area (Å²) in [4.78, 5) is 23.0. The SMILES string of the molecule is C=C[C@H]1[C@@H](O[C@H]2O[C@@H](CO)[C@H](O)[C@@H](O)[C@@H]2O)OC=C(C(=O)OC)[C@@H]1CC=O. The molecule has 0 radical (unpaired) electrons. The maximum Gasteiger partial charge on any atom is 0.337 e. The van der Waals surface area contributed by atoms with E-state index in [1.165, 1.54) is 13.2 Å². The van der Waals surface area contributed by atoms with Gasteiger partial charge in [0.25, 0.3) is 0 Å². The summed E-state index contributed by atoms with van der Waals surface area (Å²) >= 11 is 0. The van der Waals surface area contributed by atoms with Gasteiger partial charge in [0.2, 0.25) is 6.29 Å². The molecule has 0 bridgehead atoms. The summed E-state index contributed by atoms with van der Waals surface area (Å²) in [6.07, 6.45) is -5.31. The average Bonchev–Trinajstić information content (AvgIpc) is 2.68. The third-order valence-corrected chi connectivity index (χ3v) is 4.67. The molecule has 0 amide bonds. The highest BCUT2D eigenvalue weighted by Gasteiger charge is 2.47. The summed E-state index contributed by atoms with van der Waals surface area (Å²) in [6.45, 7) is 3.06. The van der Waals surface area contributed by atoms with Gasteiger partial charge in [-0.1, -0.05) is 6.08 Å². The summed E-state index contributed by atoms with van der Waals surface area (Å²) < 4.78 is 21.0. The number of ether oxygens (including phenoxy) is 4. The lowest BCUT2D eigenvalue weighted by atomic mass is 9.82. The Hall–Kier alpha value is -1.82. The van der Waals surface area contributed by atoms with Crippen molar-refractivity contribution in [2.45, 2.75) is 43.4 Å². The molecule has 8 atom stereocenters. The van der Waals surface area contributed by atoms with Gasteiger partial charge in [-0.05, 0) is 0 Å². The first kappa shape index (κ1) is 21.5. The molecule has 0 saturated carbocycles. The van der Waals surface area contributed by atoms with Crippen molar-refractivity contribution in [1.29, 1.82) is 0 Å². The minimum absolute atomic E-state index is 0.0322. The molecule has 1 saturated heterocycles. The van der Waals surface area contributed by atoms with Gasteiger partial charge in [0, 0.05) is 18.3 Å². The predicted molar refractivity (Wildman–Crippen MR) is 87.7 cm³/mol. The normalized spacial score (nSPS) is 39.1. The van der Waals surface area contributed by atoms with E-state index in [2.05, 4.69) is 11.3 Å². The lowest BCUT2D eigenvalue weighted by molar-refractivity contribution is -0.339. The van der Waals surface area contributed by atoms with Crippen LogP contribution in [-0.2, 0) is 28.5 Å². The summed E-state index contributed by atoms with van der Waals surface area (Å²) in [5.74, 6) is -1.99. The van der Waals surface area contributed by atoms with Crippen LogP contribution >= 0.6 is 0 Å². The first-order valence-corrected chi connectivity index (χ1v) is 8.35. The van der Waals surface area contributed by atoms with Gasteiger partial charge in [-0.25, -0.2) is 4.79 Å². The molecule has 4 N–H and O–H groups in total. The summed E-state index contributed by atoms with van der Waals surface area (Å²) in [5.41, 5.74) is 0.128. The van der Waals surface area contributed by atoms with Gasteiger partial charge < -0.3 is 44.2 Å². The minimum Gasteiger partial charge on any atom is -0.471 e. The van der Waals surface area contributed by atoms with Crippen molar-refractivity contribution in [2.75, 3.05) is 13.7 Å². The highest BCUT2D eigenvalue weighted by Crippen LogP contribution is 2.36. The maximum atomic E-state index is 11.9. The van der Waals surface area contributed by atoms with Crippen molar-refractivity contribution in [1.82, 2.24) is 0 Å². The van der Waals surface area contributed by atoms with E-state index < -0.39 is 61.4 Å². The van der Waals surface area contributed by atoms with Gasteiger partial charge in [0.05, 0.1) is 25.6 Å². The Balaban J connectivity index is 2.22. The van der Waals surface area contributed by atoms with E-state index in [-0.39, 0.29) is 12.0 Å². The Labute approximate surface area is 155 Å². The van der Waals surface area contributed by atoms with Crippen LogP contribution in [0.1, 0.15) is 6.42 Å². The highest BCUT2D eigenvalue weighted by atomic mass is 16.8. The van der Waals surface area contributed by atoms with E-state index in [0.717, 1.165) is 6.26 Å². The molecule has 2 heterocycles. The quantitative estimate of drug-likeness (QED) is 0.224. The Morgan fingerprint density at radius 2 is 1.96 bits per heavy atom. The van der Waals surface area contributed by atoms with E-state index >= 15 is 0 Å². The fraction of sp³-hybridized carbons (Fsp3) is 0.647. The van der Waals surface area contributed by atoms with Crippen molar-refractivity contribution < 1.29 is 49.0 Å². The minimum atomic E-state index is -1.62. The fourth-order valence-corrected chi connectivity index (χ4v) is 3.13. The molecular weight excluding hydrogens is 364 g/mol. The number of hydrogen-bond donors (Lipinski definition) is 4. The molecule has 0 spiro atoms. The molecule has 0 unspecified atom stereocenters. The monoisotopic (exact) mass is 388 g/mol. The van der Waals surface area contributed by atoms with Crippen molar-refractivity contribution in [2.24, 2.45) is 11.8 Å². The van der Waals surface area contributed by atoms with E-state index in [1.807, 2.05) is 0 Å². The smallest absolute Gasteiger partial charge is 0.337 e. The van der Waals surface area contributed by atoms with Crippen LogP contribution < -0.4 is 0 Å². The third kappa shape index (κ3) is 4.37. The van der Waals surface area contributed by atoms with Crippen LogP contribution in [0.3, 0.4) is 0 Å². The number of aliphatic hydroxyl groups is 4. The number of methoxy groups -OCH3 is 1. The van der Waals surface area contributed by atoms with E-state index in [1.54, 1.807) is 0 Å². The molecule has 2 rings (SSSR count). The summed E-state index contributed by atoms with van der Waals surface area (Å²) in [7, 11) is 1.20. The predicted octanol–water partition coefficient (Wildman–Crippen LogP) is -1.78. The van der Waals surface area contributed by atoms with Crippen LogP contribution in [-0.4, -0.2) is 83.4 Å². The molecular formula is C17H24O10. The lowest BCUT2D eigenvalue weighted by Gasteiger charge is -2.42. The van der Waals surface area contributed by atoms with Crippen LogP contribution in [0, 0.1) is 11.8 Å². The number of carbonyl (C=O) groups is 2. The number of hydrogen-bond acceptors (Lipinski definition) is 10. The van der Waals surface area contributed by atoms with Crippen molar-refractivity contribution >= 4 is 12.3 Å². The molecule has 0 aromatic carbocycles.